The van der Waals surface area contributed by atoms with Gasteiger partial charge in [0, 0.05) is 6.07 Å². The minimum atomic E-state index is -0.862. The average Bonchev–Trinajstić information content (AvgIpc) is 2.45. The van der Waals surface area contributed by atoms with Gasteiger partial charge in [-0.3, -0.25) is 4.79 Å². The predicted octanol–water partition coefficient (Wildman–Crippen LogP) is 0.337. The fourth-order valence-electron chi connectivity index (χ4n) is 0.900. The van der Waals surface area contributed by atoms with Gasteiger partial charge in [-0.15, -0.1) is 0 Å². The summed E-state index contributed by atoms with van der Waals surface area (Å²) in [5.74, 6) is 0.513. The molecule has 5 nitrogen and oxygen atoms in total. The second kappa shape index (κ2) is 3.79. The van der Waals surface area contributed by atoms with Crippen molar-refractivity contribution in [2.24, 2.45) is 5.73 Å². The Balaban J connectivity index is 2.46. The average molecular weight is 197 g/mol. The number of nitrogens with zero attached hydrogens (tertiary/aromatic N) is 1. The fraction of sp³-hybridized carbons (Fsp3) is 0.556. The molecule has 0 aliphatic rings. The molecule has 1 aromatic rings. The molecule has 5 heteroatoms. The fourth-order valence-corrected chi connectivity index (χ4v) is 0.900. The number of nitrogens with one attached hydrogen (secondary N) is 1. The quantitative estimate of drug-likeness (QED) is 0.732. The molecule has 0 saturated heterocycles. The molecule has 0 saturated carbocycles. The predicted molar refractivity (Wildman–Crippen MR) is 51.4 cm³/mol. The molecule has 0 unspecified atom stereocenters. The van der Waals surface area contributed by atoms with E-state index in [4.69, 9.17) is 10.3 Å². The van der Waals surface area contributed by atoms with Crippen LogP contribution in [-0.2, 0) is 11.3 Å². The highest BCUT2D eigenvalue weighted by Crippen LogP contribution is 2.02. The molecule has 14 heavy (non-hydrogen) atoms. The summed E-state index contributed by atoms with van der Waals surface area (Å²) >= 11 is 0. The van der Waals surface area contributed by atoms with E-state index in [1.807, 2.05) is 0 Å². The summed E-state index contributed by atoms with van der Waals surface area (Å²) in [4.78, 5) is 11.4. The Bertz CT molecular complexity index is 325. The number of amides is 1. The molecule has 1 aromatic heterocycles. The van der Waals surface area contributed by atoms with Crippen molar-refractivity contribution in [3.63, 3.8) is 0 Å². The van der Waals surface area contributed by atoms with Crippen LogP contribution in [-0.4, -0.2) is 16.6 Å². The summed E-state index contributed by atoms with van der Waals surface area (Å²) in [6.45, 7) is 5.44. The van der Waals surface area contributed by atoms with Crippen LogP contribution in [0.15, 0.2) is 10.6 Å². The van der Waals surface area contributed by atoms with Crippen molar-refractivity contribution >= 4 is 5.91 Å². The first-order chi connectivity index (χ1) is 6.39. The standard InChI is InChI=1S/C9H15N3O2/c1-6-4-7(12-14-6)5-11-8(13)9(2,3)10/h4H,5,10H2,1-3H3,(H,11,13). The largest absolute Gasteiger partial charge is 0.361 e. The Labute approximate surface area is 82.6 Å². The van der Waals surface area contributed by atoms with Gasteiger partial charge in [-0.25, -0.2) is 0 Å². The maximum atomic E-state index is 11.4. The lowest BCUT2D eigenvalue weighted by atomic mass is 10.1. The van der Waals surface area contributed by atoms with Gasteiger partial charge in [-0.05, 0) is 20.8 Å². The van der Waals surface area contributed by atoms with Crippen LogP contribution in [0.5, 0.6) is 0 Å². The van der Waals surface area contributed by atoms with Crippen molar-refractivity contribution in [2.45, 2.75) is 32.9 Å². The van der Waals surface area contributed by atoms with E-state index < -0.39 is 5.54 Å². The molecule has 0 radical (unpaired) electrons. The molecule has 0 aliphatic carbocycles. The first-order valence-electron chi connectivity index (χ1n) is 4.39. The van der Waals surface area contributed by atoms with Crippen molar-refractivity contribution in [1.29, 1.82) is 0 Å². The van der Waals surface area contributed by atoms with Gasteiger partial charge in [0.25, 0.3) is 0 Å². The van der Waals surface area contributed by atoms with E-state index in [0.29, 0.717) is 12.2 Å². The lowest BCUT2D eigenvalue weighted by Gasteiger charge is -2.16. The maximum Gasteiger partial charge on any atom is 0.239 e. The van der Waals surface area contributed by atoms with Crippen molar-refractivity contribution < 1.29 is 9.32 Å². The number of aryl methyl sites for hydroxylation is 1. The van der Waals surface area contributed by atoms with Crippen LogP contribution in [0.2, 0.25) is 0 Å². The number of aromatic nitrogens is 1. The van der Waals surface area contributed by atoms with E-state index >= 15 is 0 Å². The third kappa shape index (κ3) is 2.85. The van der Waals surface area contributed by atoms with E-state index in [1.54, 1.807) is 26.8 Å². The van der Waals surface area contributed by atoms with Gasteiger partial charge in [0.05, 0.1) is 12.1 Å². The van der Waals surface area contributed by atoms with E-state index in [2.05, 4.69) is 10.5 Å². The van der Waals surface area contributed by atoms with Gasteiger partial charge in [0.15, 0.2) is 0 Å². The van der Waals surface area contributed by atoms with Gasteiger partial charge in [0.2, 0.25) is 5.91 Å². The monoisotopic (exact) mass is 197 g/mol. The zero-order chi connectivity index (χ0) is 10.8. The summed E-state index contributed by atoms with van der Waals surface area (Å²) in [7, 11) is 0. The molecule has 1 heterocycles. The highest BCUT2D eigenvalue weighted by molar-refractivity contribution is 5.84. The van der Waals surface area contributed by atoms with Crippen molar-refractivity contribution in [3.8, 4) is 0 Å². The number of rotatable bonds is 3. The van der Waals surface area contributed by atoms with Crippen LogP contribution < -0.4 is 11.1 Å². The lowest BCUT2D eigenvalue weighted by molar-refractivity contribution is -0.125. The number of hydrogen-bond acceptors (Lipinski definition) is 4. The molecule has 3 N–H and O–H groups in total. The summed E-state index contributed by atoms with van der Waals surface area (Å²) in [5.41, 5.74) is 5.42. The number of nitrogens with two attached hydrogens (primary N) is 1. The molecule has 0 aromatic carbocycles. The molecule has 1 amide bonds. The highest BCUT2D eigenvalue weighted by atomic mass is 16.5. The van der Waals surface area contributed by atoms with Crippen molar-refractivity contribution in [2.75, 3.05) is 0 Å². The van der Waals surface area contributed by atoms with Gasteiger partial charge in [-0.2, -0.15) is 0 Å². The third-order valence-electron chi connectivity index (χ3n) is 1.69. The number of hydrogen-bond donors (Lipinski definition) is 2. The van der Waals surface area contributed by atoms with Gasteiger partial charge in [-0.1, -0.05) is 5.16 Å². The first kappa shape index (κ1) is 10.7. The third-order valence-corrected chi connectivity index (χ3v) is 1.69. The van der Waals surface area contributed by atoms with Crippen molar-refractivity contribution in [3.05, 3.63) is 17.5 Å². The number of carbonyl (C=O) groups is 1. The Morgan fingerprint density at radius 3 is 2.79 bits per heavy atom. The maximum absolute atomic E-state index is 11.4. The molecular weight excluding hydrogens is 182 g/mol. The number of carbonyl (C=O) groups excluding carboxylic acids is 1. The molecule has 0 aliphatic heterocycles. The topological polar surface area (TPSA) is 81.2 Å². The molecule has 0 spiro atoms. The second-order valence-corrected chi connectivity index (χ2v) is 3.83. The summed E-state index contributed by atoms with van der Waals surface area (Å²) < 4.78 is 4.85. The summed E-state index contributed by atoms with van der Waals surface area (Å²) in [6.07, 6.45) is 0. The van der Waals surface area contributed by atoms with Crippen LogP contribution in [0.3, 0.4) is 0 Å². The zero-order valence-electron chi connectivity index (χ0n) is 8.63. The lowest BCUT2D eigenvalue weighted by Crippen LogP contribution is -2.48. The summed E-state index contributed by atoms with van der Waals surface area (Å²) in [6, 6.07) is 1.77. The second-order valence-electron chi connectivity index (χ2n) is 3.83. The van der Waals surface area contributed by atoms with Gasteiger partial charge >= 0.3 is 0 Å². The van der Waals surface area contributed by atoms with Crippen LogP contribution in [0.1, 0.15) is 25.3 Å². The van der Waals surface area contributed by atoms with Crippen LogP contribution in [0, 0.1) is 6.92 Å². The van der Waals surface area contributed by atoms with Crippen LogP contribution >= 0.6 is 0 Å². The Hall–Kier alpha value is -1.36. The minimum absolute atomic E-state index is 0.210. The molecule has 0 atom stereocenters. The Kier molecular flexibility index (Phi) is 2.90. The van der Waals surface area contributed by atoms with Crippen molar-refractivity contribution in [1.82, 2.24) is 10.5 Å². The van der Waals surface area contributed by atoms with E-state index in [0.717, 1.165) is 5.76 Å². The Morgan fingerprint density at radius 2 is 2.36 bits per heavy atom. The summed E-state index contributed by atoms with van der Waals surface area (Å²) in [5, 5.41) is 6.41. The minimum Gasteiger partial charge on any atom is -0.361 e. The molecule has 0 bridgehead atoms. The SMILES string of the molecule is Cc1cc(CNC(=O)C(C)(C)N)no1. The van der Waals surface area contributed by atoms with Gasteiger partial charge < -0.3 is 15.6 Å². The van der Waals surface area contributed by atoms with Gasteiger partial charge in [0.1, 0.15) is 11.5 Å². The molecule has 78 valence electrons. The normalized spacial score (nSPS) is 11.4. The highest BCUT2D eigenvalue weighted by Gasteiger charge is 2.21. The first-order valence-corrected chi connectivity index (χ1v) is 4.39. The zero-order valence-corrected chi connectivity index (χ0v) is 8.63. The van der Waals surface area contributed by atoms with Crippen LogP contribution in [0.25, 0.3) is 0 Å². The van der Waals surface area contributed by atoms with E-state index in [-0.39, 0.29) is 5.91 Å². The Morgan fingerprint density at radius 1 is 1.71 bits per heavy atom. The molecular formula is C9H15N3O2. The van der Waals surface area contributed by atoms with E-state index in [1.165, 1.54) is 0 Å². The molecule has 0 fully saturated rings. The smallest absolute Gasteiger partial charge is 0.239 e. The van der Waals surface area contributed by atoms with E-state index in [9.17, 15) is 4.79 Å². The van der Waals surface area contributed by atoms with Crippen LogP contribution in [0.4, 0.5) is 0 Å². The molecule has 1 rings (SSSR count).